The first-order chi connectivity index (χ1) is 8.79. The van der Waals surface area contributed by atoms with E-state index >= 15 is 0 Å². The van der Waals surface area contributed by atoms with Crippen molar-refractivity contribution in [2.24, 2.45) is 0 Å². The molecular weight excluding hydrogens is 274 g/mol. The highest BCUT2D eigenvalue weighted by Gasteiger charge is 2.14. The molecule has 2 rings (SSSR count). The lowest BCUT2D eigenvalue weighted by atomic mass is 10.0. The maximum absolute atomic E-state index is 13.6. The molecule has 0 atom stereocenters. The number of rotatable bonds is 2. The largest absolute Gasteiger partial charge is 0.294 e. The van der Waals surface area contributed by atoms with E-state index in [9.17, 15) is 17.2 Å². The minimum Gasteiger partial charge on any atom is -0.282 e. The highest BCUT2D eigenvalue weighted by Crippen LogP contribution is 2.28. The highest BCUT2D eigenvalue weighted by atomic mass is 32.2. The van der Waals surface area contributed by atoms with Gasteiger partial charge in [-0.2, -0.15) is 8.42 Å². The predicted octanol–water partition coefficient (Wildman–Crippen LogP) is 3.19. The molecule has 100 valence electrons. The van der Waals surface area contributed by atoms with Crippen LogP contribution in [0.5, 0.6) is 0 Å². The standard InChI is InChI=1S/C13H10F2O3S/c1-8-6-10(19(16,17)18)3-5-11(8)12-4-2-9(14)7-13(12)15/h2-7H,1H3,(H,16,17,18). The molecule has 0 saturated heterocycles. The molecule has 19 heavy (non-hydrogen) atoms. The Morgan fingerprint density at radius 1 is 1.00 bits per heavy atom. The molecule has 6 heteroatoms. The van der Waals surface area contributed by atoms with E-state index in [-0.39, 0.29) is 10.5 Å². The first-order valence-electron chi connectivity index (χ1n) is 5.32. The summed E-state index contributed by atoms with van der Waals surface area (Å²) >= 11 is 0. The summed E-state index contributed by atoms with van der Waals surface area (Å²) in [5.41, 5.74) is 1.06. The van der Waals surface area contributed by atoms with Crippen LogP contribution in [0, 0.1) is 18.6 Å². The van der Waals surface area contributed by atoms with Crippen molar-refractivity contribution < 1.29 is 21.8 Å². The van der Waals surface area contributed by atoms with Crippen LogP contribution in [0.2, 0.25) is 0 Å². The molecule has 0 bridgehead atoms. The van der Waals surface area contributed by atoms with Crippen molar-refractivity contribution >= 4 is 10.1 Å². The summed E-state index contributed by atoms with van der Waals surface area (Å²) in [5.74, 6) is -1.42. The van der Waals surface area contributed by atoms with E-state index in [1.54, 1.807) is 6.92 Å². The van der Waals surface area contributed by atoms with Gasteiger partial charge in [0.15, 0.2) is 0 Å². The summed E-state index contributed by atoms with van der Waals surface area (Å²) in [5, 5.41) is 0. The van der Waals surface area contributed by atoms with Gasteiger partial charge in [0.05, 0.1) is 4.90 Å². The maximum atomic E-state index is 13.6. The van der Waals surface area contributed by atoms with Gasteiger partial charge >= 0.3 is 0 Å². The van der Waals surface area contributed by atoms with Crippen LogP contribution in [0.15, 0.2) is 41.3 Å². The van der Waals surface area contributed by atoms with Gasteiger partial charge in [0.1, 0.15) is 11.6 Å². The van der Waals surface area contributed by atoms with Crippen LogP contribution in [0.3, 0.4) is 0 Å². The quantitative estimate of drug-likeness (QED) is 0.862. The zero-order chi connectivity index (χ0) is 14.2. The lowest BCUT2D eigenvalue weighted by Crippen LogP contribution is -1.99. The Morgan fingerprint density at radius 2 is 1.63 bits per heavy atom. The molecule has 0 heterocycles. The van der Waals surface area contributed by atoms with Crippen LogP contribution >= 0.6 is 0 Å². The second-order valence-corrected chi connectivity index (χ2v) is 5.50. The van der Waals surface area contributed by atoms with E-state index in [0.29, 0.717) is 11.1 Å². The Hall–Kier alpha value is -1.79. The maximum Gasteiger partial charge on any atom is 0.294 e. The van der Waals surface area contributed by atoms with Crippen molar-refractivity contribution in [3.05, 3.63) is 53.6 Å². The van der Waals surface area contributed by atoms with Gasteiger partial charge in [-0.1, -0.05) is 6.07 Å². The van der Waals surface area contributed by atoms with E-state index in [2.05, 4.69) is 0 Å². The molecule has 2 aromatic carbocycles. The molecule has 0 unspecified atom stereocenters. The van der Waals surface area contributed by atoms with E-state index in [4.69, 9.17) is 4.55 Å². The number of hydrogen-bond donors (Lipinski definition) is 1. The molecule has 0 aromatic heterocycles. The predicted molar refractivity (Wildman–Crippen MR) is 66.3 cm³/mol. The van der Waals surface area contributed by atoms with Crippen LogP contribution in [-0.2, 0) is 10.1 Å². The fraction of sp³-hybridized carbons (Fsp3) is 0.0769. The first kappa shape index (κ1) is 13.6. The molecule has 0 fully saturated rings. The molecule has 0 aliphatic carbocycles. The number of aryl methyl sites for hydroxylation is 1. The Kier molecular flexibility index (Phi) is 3.38. The van der Waals surface area contributed by atoms with Gasteiger partial charge in [-0.05, 0) is 42.3 Å². The molecule has 1 N–H and O–H groups in total. The Balaban J connectivity index is 2.59. The fourth-order valence-corrected chi connectivity index (χ4v) is 2.37. The summed E-state index contributed by atoms with van der Waals surface area (Å²) in [6, 6.07) is 6.92. The smallest absolute Gasteiger partial charge is 0.282 e. The number of hydrogen-bond acceptors (Lipinski definition) is 2. The summed E-state index contributed by atoms with van der Waals surface area (Å²) in [7, 11) is -4.29. The van der Waals surface area contributed by atoms with Gasteiger partial charge in [0.2, 0.25) is 0 Å². The van der Waals surface area contributed by atoms with E-state index in [1.165, 1.54) is 24.3 Å². The first-order valence-corrected chi connectivity index (χ1v) is 6.76. The van der Waals surface area contributed by atoms with Crippen molar-refractivity contribution in [2.75, 3.05) is 0 Å². The molecule has 0 saturated carbocycles. The Morgan fingerprint density at radius 3 is 2.16 bits per heavy atom. The summed E-state index contributed by atoms with van der Waals surface area (Å²) in [6.45, 7) is 1.58. The number of benzene rings is 2. The van der Waals surface area contributed by atoms with Gasteiger partial charge in [-0.3, -0.25) is 4.55 Å². The van der Waals surface area contributed by atoms with E-state index in [0.717, 1.165) is 12.1 Å². The lowest BCUT2D eigenvalue weighted by Gasteiger charge is -2.08. The third-order valence-electron chi connectivity index (χ3n) is 2.72. The van der Waals surface area contributed by atoms with Crippen molar-refractivity contribution in [1.82, 2.24) is 0 Å². The van der Waals surface area contributed by atoms with Crippen molar-refractivity contribution in [2.45, 2.75) is 11.8 Å². The molecule has 3 nitrogen and oxygen atoms in total. The minimum absolute atomic E-state index is 0.167. The second kappa shape index (κ2) is 4.71. The van der Waals surface area contributed by atoms with Gasteiger partial charge in [-0.15, -0.1) is 0 Å². The summed E-state index contributed by atoms with van der Waals surface area (Å²) in [4.78, 5) is -0.267. The Bertz CT molecular complexity index is 740. The fourth-order valence-electron chi connectivity index (χ4n) is 1.81. The molecule has 2 aromatic rings. The Labute approximate surface area is 109 Å². The monoisotopic (exact) mass is 284 g/mol. The number of halogens is 2. The van der Waals surface area contributed by atoms with Crippen LogP contribution < -0.4 is 0 Å². The van der Waals surface area contributed by atoms with Crippen molar-refractivity contribution in [3.63, 3.8) is 0 Å². The SMILES string of the molecule is Cc1cc(S(=O)(=O)O)ccc1-c1ccc(F)cc1F. The average Bonchev–Trinajstić information content (AvgIpc) is 2.28. The lowest BCUT2D eigenvalue weighted by molar-refractivity contribution is 0.483. The zero-order valence-corrected chi connectivity index (χ0v) is 10.7. The van der Waals surface area contributed by atoms with E-state index in [1.807, 2.05) is 0 Å². The third kappa shape index (κ3) is 2.80. The zero-order valence-electron chi connectivity index (χ0n) is 9.89. The molecular formula is C13H10F2O3S. The molecule has 0 amide bonds. The molecule has 0 aliphatic rings. The van der Waals surface area contributed by atoms with Crippen molar-refractivity contribution in [3.8, 4) is 11.1 Å². The van der Waals surface area contributed by atoms with Gasteiger partial charge < -0.3 is 0 Å². The normalized spacial score (nSPS) is 11.6. The van der Waals surface area contributed by atoms with Crippen LogP contribution in [0.1, 0.15) is 5.56 Å². The van der Waals surface area contributed by atoms with Gasteiger partial charge in [0, 0.05) is 11.6 Å². The van der Waals surface area contributed by atoms with Crippen LogP contribution in [0.25, 0.3) is 11.1 Å². The van der Waals surface area contributed by atoms with Crippen LogP contribution in [0.4, 0.5) is 8.78 Å². The second-order valence-electron chi connectivity index (χ2n) is 4.08. The van der Waals surface area contributed by atoms with Gasteiger partial charge in [0.25, 0.3) is 10.1 Å². The molecule has 0 spiro atoms. The summed E-state index contributed by atoms with van der Waals surface area (Å²) in [6.07, 6.45) is 0. The van der Waals surface area contributed by atoms with Gasteiger partial charge in [-0.25, -0.2) is 8.78 Å². The minimum atomic E-state index is -4.29. The average molecular weight is 284 g/mol. The van der Waals surface area contributed by atoms with Crippen LogP contribution in [-0.4, -0.2) is 13.0 Å². The summed E-state index contributed by atoms with van der Waals surface area (Å²) < 4.78 is 57.3. The topological polar surface area (TPSA) is 54.4 Å². The highest BCUT2D eigenvalue weighted by molar-refractivity contribution is 7.85. The van der Waals surface area contributed by atoms with Crippen molar-refractivity contribution in [1.29, 1.82) is 0 Å². The third-order valence-corrected chi connectivity index (χ3v) is 3.57. The molecule has 0 aliphatic heterocycles. The molecule has 0 radical (unpaired) electrons. The van der Waals surface area contributed by atoms with E-state index < -0.39 is 21.8 Å².